The molecule has 1 aliphatic heterocycles. The second kappa shape index (κ2) is 9.17. The van der Waals surface area contributed by atoms with Gasteiger partial charge in [-0.05, 0) is 49.9 Å². The monoisotopic (exact) mass is 489 g/mol. The van der Waals surface area contributed by atoms with Crippen molar-refractivity contribution in [2.45, 2.75) is 31.6 Å². The van der Waals surface area contributed by atoms with Crippen LogP contribution in [0.15, 0.2) is 51.8 Å². The molecule has 0 aliphatic carbocycles. The number of rotatable bonds is 4. The minimum Gasteiger partial charge on any atom is -0.451 e. The number of para-hydroxylation sites is 1. The first kappa shape index (κ1) is 23.3. The van der Waals surface area contributed by atoms with E-state index >= 15 is 0 Å². The lowest BCUT2D eigenvalue weighted by Crippen LogP contribution is -2.42. The molecule has 174 valence electrons. The Morgan fingerprint density at radius 1 is 1.12 bits per heavy atom. The number of carbonyl (C=O) groups is 2. The van der Waals surface area contributed by atoms with Crippen molar-refractivity contribution in [3.8, 4) is 0 Å². The van der Waals surface area contributed by atoms with Gasteiger partial charge < -0.3 is 4.42 Å². The number of halogens is 1. The summed E-state index contributed by atoms with van der Waals surface area (Å²) in [5, 5.41) is 0.834. The number of amides is 2. The summed E-state index contributed by atoms with van der Waals surface area (Å²) in [6, 6.07) is 11.2. The third kappa shape index (κ3) is 4.62. The summed E-state index contributed by atoms with van der Waals surface area (Å²) in [7, 11) is -3.86. The molecule has 10 heteroatoms. The minimum atomic E-state index is -3.86. The number of hydrazine groups is 1. The second-order valence-corrected chi connectivity index (χ2v) is 10.5. The second-order valence-electron chi connectivity index (χ2n) is 8.22. The number of hydrogen-bond acceptors (Lipinski definition) is 5. The average molecular weight is 490 g/mol. The maximum Gasteiger partial charge on any atom is 0.305 e. The highest BCUT2D eigenvalue weighted by molar-refractivity contribution is 7.89. The molecule has 2 aromatic carbocycles. The number of sulfonamides is 1. The van der Waals surface area contributed by atoms with E-state index in [2.05, 4.69) is 10.9 Å². The molecular formula is C23H24ClN3O5S. The molecule has 1 unspecified atom stereocenters. The molecular weight excluding hydrogens is 466 g/mol. The summed E-state index contributed by atoms with van der Waals surface area (Å²) in [6.45, 7) is 4.56. The highest BCUT2D eigenvalue weighted by atomic mass is 35.5. The van der Waals surface area contributed by atoms with Crippen LogP contribution in [0.25, 0.3) is 11.0 Å². The van der Waals surface area contributed by atoms with Gasteiger partial charge in [0.1, 0.15) is 10.5 Å². The lowest BCUT2D eigenvalue weighted by molar-refractivity contribution is 0.0831. The van der Waals surface area contributed by atoms with Crippen molar-refractivity contribution < 1.29 is 22.4 Å². The number of fused-ring (bicyclic) bond motifs is 1. The van der Waals surface area contributed by atoms with E-state index in [1.165, 1.54) is 22.5 Å². The summed E-state index contributed by atoms with van der Waals surface area (Å²) in [6.07, 6.45) is 1.73. The Morgan fingerprint density at radius 2 is 1.85 bits per heavy atom. The summed E-state index contributed by atoms with van der Waals surface area (Å²) in [5.74, 6) is -0.982. The number of nitrogens with one attached hydrogen (secondary N) is 2. The molecule has 0 bridgehead atoms. The molecule has 1 atom stereocenters. The molecule has 1 saturated heterocycles. The molecule has 2 amide bonds. The summed E-state index contributed by atoms with van der Waals surface area (Å²) >= 11 is 6.18. The van der Waals surface area contributed by atoms with Crippen molar-refractivity contribution in [1.29, 1.82) is 0 Å². The van der Waals surface area contributed by atoms with Crippen molar-refractivity contribution in [3.63, 3.8) is 0 Å². The van der Waals surface area contributed by atoms with Gasteiger partial charge in [-0.15, -0.1) is 0 Å². The Labute approximate surface area is 196 Å². The van der Waals surface area contributed by atoms with Gasteiger partial charge >= 0.3 is 5.91 Å². The van der Waals surface area contributed by atoms with E-state index in [1.807, 2.05) is 19.1 Å². The summed E-state index contributed by atoms with van der Waals surface area (Å²) < 4.78 is 33.2. The zero-order valence-electron chi connectivity index (χ0n) is 18.2. The molecule has 0 radical (unpaired) electrons. The van der Waals surface area contributed by atoms with Gasteiger partial charge in [0.25, 0.3) is 5.91 Å². The molecule has 2 heterocycles. The first-order chi connectivity index (χ1) is 15.7. The zero-order chi connectivity index (χ0) is 23.8. The molecule has 1 aliphatic rings. The summed E-state index contributed by atoms with van der Waals surface area (Å²) in [4.78, 5) is 25.1. The van der Waals surface area contributed by atoms with E-state index < -0.39 is 21.8 Å². The van der Waals surface area contributed by atoms with Gasteiger partial charge in [0.15, 0.2) is 5.76 Å². The minimum absolute atomic E-state index is 0.0340. The third-order valence-electron chi connectivity index (χ3n) is 5.77. The molecule has 2 N–H and O–H groups in total. The van der Waals surface area contributed by atoms with Crippen LogP contribution in [0.5, 0.6) is 0 Å². The van der Waals surface area contributed by atoms with Crippen LogP contribution in [0.1, 0.15) is 46.2 Å². The number of nitrogens with zero attached hydrogens (tertiary/aromatic N) is 1. The van der Waals surface area contributed by atoms with E-state index in [1.54, 1.807) is 19.1 Å². The number of aryl methyl sites for hydroxylation is 1. The SMILES string of the molecule is Cc1c(C(=O)NNC(=O)c2ccc(Cl)c(S(=O)(=O)N3CCCC(C)C3)c2)oc2ccccc12. The van der Waals surface area contributed by atoms with Crippen molar-refractivity contribution in [1.82, 2.24) is 15.2 Å². The largest absolute Gasteiger partial charge is 0.451 e. The van der Waals surface area contributed by atoms with Gasteiger partial charge in [-0.1, -0.05) is 36.7 Å². The van der Waals surface area contributed by atoms with Crippen LogP contribution in [0.2, 0.25) is 5.02 Å². The fourth-order valence-corrected chi connectivity index (χ4v) is 6.08. The first-order valence-electron chi connectivity index (χ1n) is 10.6. The molecule has 3 aromatic rings. The van der Waals surface area contributed by atoms with Crippen LogP contribution in [0.3, 0.4) is 0 Å². The van der Waals surface area contributed by atoms with Crippen LogP contribution in [-0.2, 0) is 10.0 Å². The Morgan fingerprint density at radius 3 is 2.58 bits per heavy atom. The van der Waals surface area contributed by atoms with E-state index in [-0.39, 0.29) is 27.2 Å². The predicted molar refractivity (Wildman–Crippen MR) is 124 cm³/mol. The van der Waals surface area contributed by atoms with Gasteiger partial charge in [0.05, 0.1) is 5.02 Å². The van der Waals surface area contributed by atoms with E-state index in [9.17, 15) is 18.0 Å². The van der Waals surface area contributed by atoms with Crippen molar-refractivity contribution in [2.24, 2.45) is 5.92 Å². The van der Waals surface area contributed by atoms with Gasteiger partial charge in [-0.2, -0.15) is 4.31 Å². The van der Waals surface area contributed by atoms with Crippen molar-refractivity contribution in [3.05, 3.63) is 64.4 Å². The number of piperidine rings is 1. The Kier molecular flexibility index (Phi) is 6.47. The topological polar surface area (TPSA) is 109 Å². The molecule has 33 heavy (non-hydrogen) atoms. The van der Waals surface area contributed by atoms with Crippen LogP contribution in [0.4, 0.5) is 0 Å². The molecule has 8 nitrogen and oxygen atoms in total. The first-order valence-corrected chi connectivity index (χ1v) is 12.4. The quantitative estimate of drug-likeness (QED) is 0.540. The average Bonchev–Trinajstić information content (AvgIpc) is 3.14. The van der Waals surface area contributed by atoms with E-state index in [4.69, 9.17) is 16.0 Å². The van der Waals surface area contributed by atoms with Crippen LogP contribution < -0.4 is 10.9 Å². The fraction of sp³-hybridized carbons (Fsp3) is 0.304. The maximum absolute atomic E-state index is 13.1. The van der Waals surface area contributed by atoms with E-state index in [0.29, 0.717) is 24.2 Å². The lowest BCUT2D eigenvalue weighted by Gasteiger charge is -2.30. The third-order valence-corrected chi connectivity index (χ3v) is 8.12. The molecule has 4 rings (SSSR count). The highest BCUT2D eigenvalue weighted by Crippen LogP contribution is 2.29. The van der Waals surface area contributed by atoms with Gasteiger partial charge in [0.2, 0.25) is 10.0 Å². The van der Waals surface area contributed by atoms with Crippen molar-refractivity contribution >= 4 is 44.4 Å². The summed E-state index contributed by atoms with van der Waals surface area (Å²) in [5.41, 5.74) is 5.87. The number of hydrogen-bond donors (Lipinski definition) is 2. The molecule has 1 fully saturated rings. The van der Waals surface area contributed by atoms with Gasteiger partial charge in [-0.25, -0.2) is 8.42 Å². The number of furan rings is 1. The van der Waals surface area contributed by atoms with Crippen LogP contribution in [0, 0.1) is 12.8 Å². The van der Waals surface area contributed by atoms with Gasteiger partial charge in [0, 0.05) is 29.6 Å². The molecule has 0 spiro atoms. The standard InChI is InChI=1S/C23H24ClN3O5S/c1-14-6-5-11-27(13-14)33(30,31)20-12-16(9-10-18(20)24)22(28)25-26-23(29)21-15(2)17-7-3-4-8-19(17)32-21/h3-4,7-10,12,14H,5-6,11,13H2,1-2H3,(H,25,28)(H,26,29). The predicted octanol–water partition coefficient (Wildman–Crippen LogP) is 3.89. The highest BCUT2D eigenvalue weighted by Gasteiger charge is 2.31. The van der Waals surface area contributed by atoms with Crippen molar-refractivity contribution in [2.75, 3.05) is 13.1 Å². The maximum atomic E-state index is 13.1. The number of carbonyl (C=O) groups excluding carboxylic acids is 2. The smallest absolute Gasteiger partial charge is 0.305 e. The zero-order valence-corrected chi connectivity index (χ0v) is 19.8. The van der Waals surface area contributed by atoms with Crippen LogP contribution in [-0.4, -0.2) is 37.6 Å². The lowest BCUT2D eigenvalue weighted by atomic mass is 10.0. The van der Waals surface area contributed by atoms with E-state index in [0.717, 1.165) is 18.2 Å². The van der Waals surface area contributed by atoms with Crippen LogP contribution >= 0.6 is 11.6 Å². The Hall–Kier alpha value is -2.88. The Bertz CT molecular complexity index is 1340. The molecule has 0 saturated carbocycles. The fourth-order valence-electron chi connectivity index (χ4n) is 3.98. The Balaban J connectivity index is 1.50. The normalized spacial score (nSPS) is 17.1. The number of benzene rings is 2. The molecule has 1 aromatic heterocycles. The van der Waals surface area contributed by atoms with Gasteiger partial charge in [-0.3, -0.25) is 20.4 Å².